The zero-order chi connectivity index (χ0) is 32.9. The summed E-state index contributed by atoms with van der Waals surface area (Å²) in [5.41, 5.74) is 0.633. The first kappa shape index (κ1) is 32.6. The summed E-state index contributed by atoms with van der Waals surface area (Å²) in [7, 11) is -3.29. The number of nitrogens with one attached hydrogen (secondary N) is 1. The Morgan fingerprint density at radius 2 is 1.80 bits per heavy atom. The van der Waals surface area contributed by atoms with E-state index in [1.165, 1.54) is 28.8 Å². The van der Waals surface area contributed by atoms with Crippen molar-refractivity contribution >= 4 is 46.7 Å². The highest BCUT2D eigenvalue weighted by Crippen LogP contribution is 2.53. The van der Waals surface area contributed by atoms with Gasteiger partial charge in [0.2, 0.25) is 17.7 Å². The largest absolute Gasteiger partial charge is 0.363 e. The molecule has 3 fully saturated rings. The van der Waals surface area contributed by atoms with Gasteiger partial charge in [-0.1, -0.05) is 25.8 Å². The lowest BCUT2D eigenvalue weighted by Gasteiger charge is -2.36. The number of hydrogen-bond donors (Lipinski definition) is 3. The lowest BCUT2D eigenvalue weighted by atomic mass is 9.91. The highest BCUT2D eigenvalue weighted by Gasteiger charge is 2.47. The van der Waals surface area contributed by atoms with Crippen LogP contribution in [0.2, 0.25) is 0 Å². The van der Waals surface area contributed by atoms with Crippen LogP contribution in [0, 0.1) is 5.92 Å². The fraction of sp³-hybridized carbons (Fsp3) is 0.500. The zero-order valence-corrected chi connectivity index (χ0v) is 27.4. The van der Waals surface area contributed by atoms with Gasteiger partial charge in [-0.25, -0.2) is 4.39 Å². The number of fused-ring (bicyclic) bond motifs is 2. The minimum Gasteiger partial charge on any atom is -0.340 e. The number of carbonyl (C=O) groups excluding carboxylic acids is 3. The summed E-state index contributed by atoms with van der Waals surface area (Å²) in [5.74, 6) is -3.13. The molecular formula is C32H38FN4O7PS. The fourth-order valence-electron chi connectivity index (χ4n) is 7.24. The van der Waals surface area contributed by atoms with Crippen molar-refractivity contribution in [1.82, 2.24) is 19.7 Å². The molecule has 6 rings (SSSR count). The molecule has 1 aromatic carbocycles. The Kier molecular flexibility index (Phi) is 8.97. The molecule has 2 aromatic heterocycles. The average molecular weight is 673 g/mol. The van der Waals surface area contributed by atoms with Gasteiger partial charge in [-0.15, -0.1) is 11.3 Å². The van der Waals surface area contributed by atoms with Crippen LogP contribution >= 0.6 is 18.9 Å². The maximum Gasteiger partial charge on any atom is 0.363 e. The van der Waals surface area contributed by atoms with E-state index in [-0.39, 0.29) is 45.7 Å². The fourth-order valence-corrected chi connectivity index (χ4v) is 8.73. The molecular weight excluding hydrogens is 634 g/mol. The van der Waals surface area contributed by atoms with Gasteiger partial charge >= 0.3 is 7.60 Å². The molecule has 3 aliphatic rings. The van der Waals surface area contributed by atoms with E-state index in [9.17, 15) is 37.9 Å². The summed E-state index contributed by atoms with van der Waals surface area (Å²) in [6.45, 7) is 3.08. The van der Waals surface area contributed by atoms with Crippen LogP contribution < -0.4 is 10.9 Å². The van der Waals surface area contributed by atoms with Crippen molar-refractivity contribution in [3.63, 3.8) is 0 Å². The van der Waals surface area contributed by atoms with Gasteiger partial charge in [0.1, 0.15) is 12.1 Å². The molecule has 3 amide bonds. The number of pyridine rings is 1. The van der Waals surface area contributed by atoms with E-state index in [1.54, 1.807) is 24.2 Å². The van der Waals surface area contributed by atoms with E-state index in [4.69, 9.17) is 0 Å². The van der Waals surface area contributed by atoms with Gasteiger partial charge in [-0.3, -0.25) is 23.7 Å². The van der Waals surface area contributed by atoms with Crippen LogP contribution in [0.15, 0.2) is 47.4 Å². The van der Waals surface area contributed by atoms with Crippen LogP contribution in [0.1, 0.15) is 78.1 Å². The number of amides is 3. The predicted octanol–water partition coefficient (Wildman–Crippen LogP) is 4.04. The molecule has 2 unspecified atom stereocenters. The Balaban J connectivity index is 1.17. The van der Waals surface area contributed by atoms with Crippen LogP contribution in [-0.4, -0.2) is 73.1 Å². The minimum absolute atomic E-state index is 0.0232. The van der Waals surface area contributed by atoms with Crippen molar-refractivity contribution in [3.8, 4) is 0 Å². The first-order valence-electron chi connectivity index (χ1n) is 15.6. The second-order valence-corrected chi connectivity index (χ2v) is 15.6. The van der Waals surface area contributed by atoms with E-state index >= 15 is 0 Å². The molecule has 3 N–H and O–H groups in total. The Morgan fingerprint density at radius 1 is 1.04 bits per heavy atom. The average Bonchev–Trinajstić information content (AvgIpc) is 3.74. The van der Waals surface area contributed by atoms with E-state index in [0.717, 1.165) is 36.2 Å². The summed E-state index contributed by atoms with van der Waals surface area (Å²) >= 11 is 1.14. The van der Waals surface area contributed by atoms with Gasteiger partial charge in [-0.2, -0.15) is 0 Å². The number of likely N-dealkylation sites (tertiary alicyclic amines) is 1. The summed E-state index contributed by atoms with van der Waals surface area (Å²) in [4.78, 5) is 76.0. The van der Waals surface area contributed by atoms with E-state index in [1.807, 2.05) is 11.0 Å². The van der Waals surface area contributed by atoms with E-state index < -0.39 is 31.5 Å². The summed E-state index contributed by atoms with van der Waals surface area (Å²) < 4.78 is 27.8. The highest BCUT2D eigenvalue weighted by molar-refractivity contribution is 7.51. The number of aromatic nitrogens is 1. The number of aryl methyl sites for hydroxylation is 1. The van der Waals surface area contributed by atoms with Crippen molar-refractivity contribution in [1.29, 1.82) is 0 Å². The number of nitrogens with zero attached hydrogens (tertiary/aromatic N) is 3. The number of hydrogen-bond acceptors (Lipinski definition) is 6. The molecule has 246 valence electrons. The van der Waals surface area contributed by atoms with Crippen molar-refractivity contribution in [2.75, 3.05) is 13.1 Å². The van der Waals surface area contributed by atoms with Crippen LogP contribution in [0.3, 0.4) is 0 Å². The van der Waals surface area contributed by atoms with Crippen LogP contribution in [0.4, 0.5) is 4.39 Å². The second kappa shape index (κ2) is 12.7. The number of halogens is 1. The Labute approximate surface area is 269 Å². The molecule has 3 aliphatic heterocycles. The third kappa shape index (κ3) is 6.30. The molecule has 46 heavy (non-hydrogen) atoms. The summed E-state index contributed by atoms with van der Waals surface area (Å²) in [6.07, 6.45) is 5.85. The molecule has 14 heteroatoms. The molecule has 0 radical (unpaired) electrons. The maximum atomic E-state index is 14.3. The third-order valence-corrected chi connectivity index (χ3v) is 11.7. The van der Waals surface area contributed by atoms with Crippen molar-refractivity contribution < 1.29 is 33.1 Å². The molecule has 0 bridgehead atoms. The van der Waals surface area contributed by atoms with Gasteiger partial charge in [0.25, 0.3) is 11.5 Å². The first-order valence-corrected chi connectivity index (χ1v) is 18.1. The Hall–Kier alpha value is -3.38. The maximum absolute atomic E-state index is 14.3. The van der Waals surface area contributed by atoms with E-state index in [0.29, 0.717) is 42.4 Å². The number of thiophene rings is 1. The van der Waals surface area contributed by atoms with E-state index in [2.05, 4.69) is 12.2 Å². The highest BCUT2D eigenvalue weighted by atomic mass is 32.1. The molecule has 0 saturated carbocycles. The standard InChI is InChI=1S/C32H38FN4O7PS/c1-18-16-36(17-23(18)19-11-12-35(2)28(38)15-19)32(41)25-9-8-22-5-3-4-6-24(31(40)37(22)25)34-30(39)27-14-21-13-20(7-10-26(21)46-27)29(33)45(42,43)44/h7,10-15,18,22-25,29H,3-6,8-9,16-17H2,1-2H3,(H,34,39)(H2,42,43,44)/t18-,22-,23-,24?,25-,29?/m0/s1. The molecule has 3 saturated heterocycles. The second-order valence-electron chi connectivity index (χ2n) is 12.9. The van der Waals surface area contributed by atoms with Crippen molar-refractivity contribution in [2.24, 2.45) is 13.0 Å². The molecule has 0 aliphatic carbocycles. The van der Waals surface area contributed by atoms with Crippen LogP contribution in [0.25, 0.3) is 10.1 Å². The van der Waals surface area contributed by atoms with Gasteiger partial charge in [0, 0.05) is 49.1 Å². The predicted molar refractivity (Wildman–Crippen MR) is 171 cm³/mol. The van der Waals surface area contributed by atoms with Crippen LogP contribution in [-0.2, 0) is 21.2 Å². The van der Waals surface area contributed by atoms with Gasteiger partial charge < -0.3 is 29.5 Å². The first-order chi connectivity index (χ1) is 21.8. The van der Waals surface area contributed by atoms with Crippen molar-refractivity contribution in [2.45, 2.75) is 75.4 Å². The lowest BCUT2D eigenvalue weighted by Crippen LogP contribution is -2.56. The summed E-state index contributed by atoms with van der Waals surface area (Å²) in [6, 6.07) is 7.68. The monoisotopic (exact) mass is 672 g/mol. The van der Waals surface area contributed by atoms with Crippen molar-refractivity contribution in [3.05, 3.63) is 69.0 Å². The van der Waals surface area contributed by atoms with Crippen LogP contribution in [0.5, 0.6) is 0 Å². The molecule has 0 spiro atoms. The molecule has 11 nitrogen and oxygen atoms in total. The Bertz CT molecular complexity index is 1790. The smallest absolute Gasteiger partial charge is 0.340 e. The molecule has 6 atom stereocenters. The number of rotatable bonds is 6. The van der Waals surface area contributed by atoms with Gasteiger partial charge in [0.05, 0.1) is 4.88 Å². The number of carbonyl (C=O) groups is 3. The lowest BCUT2D eigenvalue weighted by molar-refractivity contribution is -0.146. The van der Waals surface area contributed by atoms with Gasteiger partial charge in [0.15, 0.2) is 0 Å². The Morgan fingerprint density at radius 3 is 2.54 bits per heavy atom. The molecule has 5 heterocycles. The number of benzene rings is 1. The summed E-state index contributed by atoms with van der Waals surface area (Å²) in [5, 5.41) is 3.35. The quantitative estimate of drug-likeness (QED) is 0.335. The minimum atomic E-state index is -4.98. The SMILES string of the molecule is C[C@H]1CN(C(=O)[C@@H]2CC[C@@H]3CCCCC(NC(=O)c4cc5cc(C(F)P(=O)(O)O)ccc5s4)C(=O)N32)C[C@@H]1c1ccn(C)c(=O)c1. The topological polar surface area (TPSA) is 149 Å². The molecule has 3 aromatic rings. The third-order valence-electron chi connectivity index (χ3n) is 9.74. The van der Waals surface area contributed by atoms with Gasteiger partial charge in [-0.05, 0) is 72.4 Å². The normalized spacial score (nSPS) is 26.1. The number of alkyl halides is 1. The zero-order valence-electron chi connectivity index (χ0n) is 25.7.